The van der Waals surface area contributed by atoms with Gasteiger partial charge in [-0.25, -0.2) is 9.18 Å². The van der Waals surface area contributed by atoms with E-state index >= 15 is 0 Å². The third-order valence-corrected chi connectivity index (χ3v) is 3.12. The summed E-state index contributed by atoms with van der Waals surface area (Å²) in [6.45, 7) is 5.84. The van der Waals surface area contributed by atoms with Crippen LogP contribution in [0.4, 0.5) is 4.39 Å². The van der Waals surface area contributed by atoms with Gasteiger partial charge in [0.25, 0.3) is 5.91 Å². The highest BCUT2D eigenvalue weighted by Gasteiger charge is 2.15. The Hall–Kier alpha value is -2.41. The summed E-state index contributed by atoms with van der Waals surface area (Å²) in [6.07, 6.45) is 2.22. The van der Waals surface area contributed by atoms with Crippen LogP contribution in [0.2, 0.25) is 0 Å². The zero-order chi connectivity index (χ0) is 18.5. The van der Waals surface area contributed by atoms with Gasteiger partial charge < -0.3 is 19.5 Å². The van der Waals surface area contributed by atoms with Gasteiger partial charge in [0.1, 0.15) is 11.6 Å². The molecule has 7 heteroatoms. The highest BCUT2D eigenvalue weighted by Crippen LogP contribution is 2.11. The van der Waals surface area contributed by atoms with Gasteiger partial charge in [-0.15, -0.1) is 6.58 Å². The molecule has 0 aliphatic heterocycles. The van der Waals surface area contributed by atoms with Crippen LogP contribution in [0, 0.1) is 5.82 Å². The van der Waals surface area contributed by atoms with Crippen molar-refractivity contribution < 1.29 is 28.2 Å². The van der Waals surface area contributed by atoms with Gasteiger partial charge in [0.2, 0.25) is 0 Å². The van der Waals surface area contributed by atoms with E-state index in [4.69, 9.17) is 14.2 Å². The summed E-state index contributed by atoms with van der Waals surface area (Å²) in [7, 11) is 0. The van der Waals surface area contributed by atoms with Gasteiger partial charge in [0, 0.05) is 6.54 Å². The molecule has 1 atom stereocenters. The molecule has 1 aromatic rings. The largest absolute Gasteiger partial charge is 0.494 e. The lowest BCUT2D eigenvalue weighted by atomic mass is 10.3. The second-order valence-electron chi connectivity index (χ2n) is 5.23. The molecule has 0 aliphatic carbocycles. The molecule has 0 aromatic heterocycles. The number of hydrogen-bond donors (Lipinski definition) is 1. The normalized spacial score (nSPS) is 11.4. The lowest BCUT2D eigenvalue weighted by molar-refractivity contribution is -0.158. The number of hydrogen-bond acceptors (Lipinski definition) is 5. The number of carbonyl (C=O) groups is 2. The third kappa shape index (κ3) is 9.46. The average Bonchev–Trinajstić information content (AvgIpc) is 2.61. The van der Waals surface area contributed by atoms with Crippen molar-refractivity contribution in [3.63, 3.8) is 0 Å². The number of nitrogens with one attached hydrogen (secondary N) is 1. The molecule has 0 spiro atoms. The van der Waals surface area contributed by atoms with Crippen LogP contribution in [0.3, 0.4) is 0 Å². The minimum absolute atomic E-state index is 0.239. The Balaban J connectivity index is 2.03. The highest BCUT2D eigenvalue weighted by atomic mass is 19.1. The van der Waals surface area contributed by atoms with Gasteiger partial charge in [-0.1, -0.05) is 6.08 Å². The minimum atomic E-state index is -0.741. The zero-order valence-electron chi connectivity index (χ0n) is 14.3. The molecule has 0 heterocycles. The first-order valence-corrected chi connectivity index (χ1v) is 8.07. The van der Waals surface area contributed by atoms with Gasteiger partial charge in [0.15, 0.2) is 12.7 Å². The quantitative estimate of drug-likeness (QED) is 0.354. The average molecular weight is 353 g/mol. The van der Waals surface area contributed by atoms with E-state index in [1.54, 1.807) is 19.1 Å². The first kappa shape index (κ1) is 20.6. The van der Waals surface area contributed by atoms with Crippen LogP contribution in [-0.2, 0) is 19.1 Å². The van der Waals surface area contributed by atoms with E-state index in [1.807, 2.05) is 0 Å². The summed E-state index contributed by atoms with van der Waals surface area (Å²) >= 11 is 0. The molecule has 6 nitrogen and oxygen atoms in total. The number of rotatable bonds is 12. The van der Waals surface area contributed by atoms with Crippen LogP contribution in [-0.4, -0.2) is 44.3 Å². The van der Waals surface area contributed by atoms with E-state index in [2.05, 4.69) is 11.9 Å². The number of benzene rings is 1. The fourth-order valence-electron chi connectivity index (χ4n) is 1.76. The molecule has 1 aromatic carbocycles. The standard InChI is InChI=1S/C18H24FNO5/c1-3-11-23-14(2)18(22)25-13-17(21)20-10-4-5-12-24-16-8-6-15(19)7-9-16/h3,6-9,14H,1,4-5,10-13H2,2H3,(H,20,21). The second-order valence-corrected chi connectivity index (χ2v) is 5.23. The number of unbranched alkanes of at least 4 members (excludes halogenated alkanes) is 1. The molecular formula is C18H24FNO5. The van der Waals surface area contributed by atoms with Crippen molar-refractivity contribution in [2.45, 2.75) is 25.9 Å². The lowest BCUT2D eigenvalue weighted by Crippen LogP contribution is -2.32. The maximum Gasteiger partial charge on any atom is 0.335 e. The number of halogens is 1. The molecule has 1 rings (SSSR count). The molecule has 25 heavy (non-hydrogen) atoms. The van der Waals surface area contributed by atoms with Crippen molar-refractivity contribution in [1.82, 2.24) is 5.32 Å². The van der Waals surface area contributed by atoms with E-state index in [0.29, 0.717) is 25.3 Å². The smallest absolute Gasteiger partial charge is 0.335 e. The SMILES string of the molecule is C=CCOC(C)C(=O)OCC(=O)NCCCCOc1ccc(F)cc1. The van der Waals surface area contributed by atoms with Gasteiger partial charge in [-0.3, -0.25) is 4.79 Å². The Kier molecular flexibility index (Phi) is 9.92. The second kappa shape index (κ2) is 12.0. The van der Waals surface area contributed by atoms with Crippen molar-refractivity contribution in [2.75, 3.05) is 26.4 Å². The van der Waals surface area contributed by atoms with Crippen molar-refractivity contribution in [2.24, 2.45) is 0 Å². The maximum absolute atomic E-state index is 12.7. The summed E-state index contributed by atoms with van der Waals surface area (Å²) in [5.41, 5.74) is 0. The number of carbonyl (C=O) groups excluding carboxylic acids is 2. The Morgan fingerprint density at radius 3 is 2.68 bits per heavy atom. The number of esters is 1. The van der Waals surface area contributed by atoms with Crippen LogP contribution in [0.5, 0.6) is 5.75 Å². The monoisotopic (exact) mass is 353 g/mol. The van der Waals surface area contributed by atoms with E-state index in [-0.39, 0.29) is 24.9 Å². The summed E-state index contributed by atoms with van der Waals surface area (Å²) < 4.78 is 28.1. The van der Waals surface area contributed by atoms with Gasteiger partial charge in [-0.05, 0) is 44.0 Å². The molecule has 0 saturated carbocycles. The van der Waals surface area contributed by atoms with Crippen LogP contribution >= 0.6 is 0 Å². The Labute approximate surface area is 147 Å². The van der Waals surface area contributed by atoms with Crippen LogP contribution in [0.15, 0.2) is 36.9 Å². The minimum Gasteiger partial charge on any atom is -0.494 e. The van der Waals surface area contributed by atoms with Crippen molar-refractivity contribution in [1.29, 1.82) is 0 Å². The Bertz CT molecular complexity index is 547. The highest BCUT2D eigenvalue weighted by molar-refractivity contribution is 5.81. The topological polar surface area (TPSA) is 73.9 Å². The van der Waals surface area contributed by atoms with E-state index < -0.39 is 12.1 Å². The summed E-state index contributed by atoms with van der Waals surface area (Å²) in [5.74, 6) is -0.670. The summed E-state index contributed by atoms with van der Waals surface area (Å²) in [6, 6.07) is 5.79. The molecule has 0 fully saturated rings. The van der Waals surface area contributed by atoms with Gasteiger partial charge >= 0.3 is 5.97 Å². The van der Waals surface area contributed by atoms with Crippen LogP contribution < -0.4 is 10.1 Å². The van der Waals surface area contributed by atoms with Gasteiger partial charge in [0.05, 0.1) is 13.2 Å². The third-order valence-electron chi connectivity index (χ3n) is 3.12. The van der Waals surface area contributed by atoms with Gasteiger partial charge in [-0.2, -0.15) is 0 Å². The molecule has 0 bridgehead atoms. The molecular weight excluding hydrogens is 329 g/mol. The van der Waals surface area contributed by atoms with Crippen LogP contribution in [0.25, 0.3) is 0 Å². The summed E-state index contributed by atoms with van der Waals surface area (Å²) in [5, 5.41) is 2.65. The fourth-order valence-corrected chi connectivity index (χ4v) is 1.76. The number of amides is 1. The predicted octanol–water partition coefficient (Wildman–Crippen LogP) is 2.24. The lowest BCUT2D eigenvalue weighted by Gasteiger charge is -2.11. The molecule has 138 valence electrons. The van der Waals surface area contributed by atoms with Crippen molar-refractivity contribution in [3.8, 4) is 5.75 Å². The zero-order valence-corrected chi connectivity index (χ0v) is 14.3. The van der Waals surface area contributed by atoms with E-state index in [0.717, 1.165) is 6.42 Å². The predicted molar refractivity (Wildman–Crippen MR) is 90.7 cm³/mol. The van der Waals surface area contributed by atoms with Crippen LogP contribution in [0.1, 0.15) is 19.8 Å². The maximum atomic E-state index is 12.7. The Morgan fingerprint density at radius 2 is 2.00 bits per heavy atom. The Morgan fingerprint density at radius 1 is 1.28 bits per heavy atom. The molecule has 0 aliphatic rings. The first-order chi connectivity index (χ1) is 12.0. The van der Waals surface area contributed by atoms with E-state index in [9.17, 15) is 14.0 Å². The molecule has 1 unspecified atom stereocenters. The fraction of sp³-hybridized carbons (Fsp3) is 0.444. The number of ether oxygens (including phenoxy) is 3. The van der Waals surface area contributed by atoms with Crippen molar-refractivity contribution in [3.05, 3.63) is 42.7 Å². The molecule has 0 saturated heterocycles. The summed E-state index contributed by atoms with van der Waals surface area (Å²) in [4.78, 5) is 23.1. The molecule has 1 amide bonds. The molecule has 1 N–H and O–H groups in total. The van der Waals surface area contributed by atoms with Crippen molar-refractivity contribution >= 4 is 11.9 Å². The molecule has 0 radical (unpaired) electrons. The van der Waals surface area contributed by atoms with E-state index in [1.165, 1.54) is 18.2 Å². The first-order valence-electron chi connectivity index (χ1n) is 8.07.